The van der Waals surface area contributed by atoms with Crippen molar-refractivity contribution in [2.45, 2.75) is 25.3 Å². The quantitative estimate of drug-likeness (QED) is 0.634. The summed E-state index contributed by atoms with van der Waals surface area (Å²) in [4.78, 5) is 0. The molecule has 1 heteroatoms. The molecule has 0 spiro atoms. The Kier molecular flexibility index (Phi) is 1.63. The van der Waals surface area contributed by atoms with Gasteiger partial charge >= 0.3 is 0 Å². The Labute approximate surface area is 79.9 Å². The minimum atomic E-state index is 0.753. The highest BCUT2D eigenvalue weighted by Gasteiger charge is 2.52. The molecule has 1 saturated heterocycles. The average molecular weight is 175 g/mol. The normalized spacial score (nSPS) is 49.1. The molecule has 3 rings (SSSR count). The van der Waals surface area contributed by atoms with E-state index in [0.29, 0.717) is 0 Å². The molecule has 3 aliphatic rings. The van der Waals surface area contributed by atoms with Crippen LogP contribution in [-0.4, -0.2) is 12.6 Å². The highest BCUT2D eigenvalue weighted by molar-refractivity contribution is 5.29. The highest BCUT2D eigenvalue weighted by Crippen LogP contribution is 2.54. The predicted octanol–water partition coefficient (Wildman–Crippen LogP) is 2.12. The van der Waals surface area contributed by atoms with Crippen LogP contribution in [0.2, 0.25) is 0 Å². The smallest absolute Gasteiger partial charge is 0.0314 e. The summed E-state index contributed by atoms with van der Waals surface area (Å²) in [5.41, 5.74) is 1.71. The van der Waals surface area contributed by atoms with Crippen LogP contribution in [0.25, 0.3) is 0 Å². The Hall–Kier alpha value is -0.560. The van der Waals surface area contributed by atoms with Gasteiger partial charge < -0.3 is 5.32 Å². The van der Waals surface area contributed by atoms with E-state index in [0.717, 1.165) is 30.2 Å². The molecule has 0 aromatic heterocycles. The molecule has 0 aromatic rings. The first-order valence-electron chi connectivity index (χ1n) is 5.44. The third kappa shape index (κ3) is 0.969. The lowest BCUT2D eigenvalue weighted by Crippen LogP contribution is -2.26. The highest BCUT2D eigenvalue weighted by atomic mass is 15.0. The zero-order valence-electron chi connectivity index (χ0n) is 8.00. The molecule has 3 fully saturated rings. The van der Waals surface area contributed by atoms with Crippen LogP contribution < -0.4 is 5.32 Å². The Bertz CT molecular complexity index is 264. The zero-order chi connectivity index (χ0) is 8.84. The van der Waals surface area contributed by atoms with Crippen molar-refractivity contribution in [1.82, 2.24) is 5.32 Å². The summed E-state index contributed by atoms with van der Waals surface area (Å²) in [6.45, 7) is 5.06. The van der Waals surface area contributed by atoms with Gasteiger partial charge in [-0.1, -0.05) is 17.7 Å². The number of allylic oxidation sites excluding steroid dienone is 2. The fourth-order valence-corrected chi connectivity index (χ4v) is 3.63. The number of hydrogen-bond donors (Lipinski definition) is 1. The largest absolute Gasteiger partial charge is 0.310 e. The third-order valence-electron chi connectivity index (χ3n) is 4.13. The third-order valence-corrected chi connectivity index (χ3v) is 4.13. The van der Waals surface area contributed by atoms with Crippen molar-refractivity contribution in [1.29, 1.82) is 0 Å². The second kappa shape index (κ2) is 2.71. The summed E-state index contributed by atoms with van der Waals surface area (Å²) in [6.07, 6.45) is 8.39. The van der Waals surface area contributed by atoms with Crippen molar-refractivity contribution in [3.63, 3.8) is 0 Å². The Morgan fingerprint density at radius 3 is 3.23 bits per heavy atom. The molecule has 70 valence electrons. The van der Waals surface area contributed by atoms with Gasteiger partial charge in [0, 0.05) is 6.04 Å². The summed E-state index contributed by atoms with van der Waals surface area (Å²) in [7, 11) is 0. The van der Waals surface area contributed by atoms with E-state index in [-0.39, 0.29) is 0 Å². The number of nitrogens with one attached hydrogen (secondary N) is 1. The number of rotatable bonds is 2. The molecule has 1 N–H and O–H groups in total. The summed E-state index contributed by atoms with van der Waals surface area (Å²) < 4.78 is 0. The lowest BCUT2D eigenvalue weighted by Gasteiger charge is -2.20. The van der Waals surface area contributed by atoms with Crippen LogP contribution in [-0.2, 0) is 0 Å². The molecule has 4 atom stereocenters. The Balaban J connectivity index is 1.87. The molecule has 0 amide bonds. The van der Waals surface area contributed by atoms with Crippen LogP contribution in [0.3, 0.4) is 0 Å². The molecule has 0 radical (unpaired) electrons. The molecular formula is C12H17N. The summed E-state index contributed by atoms with van der Waals surface area (Å²) in [5, 5.41) is 3.67. The van der Waals surface area contributed by atoms with E-state index in [1.165, 1.54) is 19.4 Å². The summed E-state index contributed by atoms with van der Waals surface area (Å²) in [5.74, 6) is 2.92. The van der Waals surface area contributed by atoms with E-state index in [4.69, 9.17) is 0 Å². The van der Waals surface area contributed by atoms with Gasteiger partial charge in [-0.3, -0.25) is 0 Å². The van der Waals surface area contributed by atoms with Gasteiger partial charge in [0.05, 0.1) is 0 Å². The maximum Gasteiger partial charge on any atom is 0.0314 e. The van der Waals surface area contributed by atoms with Gasteiger partial charge in [0.2, 0.25) is 0 Å². The van der Waals surface area contributed by atoms with Crippen molar-refractivity contribution in [2.24, 2.45) is 17.8 Å². The molecule has 1 aliphatic heterocycles. The van der Waals surface area contributed by atoms with Crippen LogP contribution >= 0.6 is 0 Å². The maximum absolute atomic E-state index is 3.78. The Morgan fingerprint density at radius 2 is 2.38 bits per heavy atom. The molecule has 1 heterocycles. The second-order valence-electron chi connectivity index (χ2n) is 4.71. The van der Waals surface area contributed by atoms with Crippen LogP contribution in [0.4, 0.5) is 0 Å². The van der Waals surface area contributed by atoms with Gasteiger partial charge in [0.25, 0.3) is 0 Å². The van der Waals surface area contributed by atoms with Crippen molar-refractivity contribution in [3.8, 4) is 0 Å². The van der Waals surface area contributed by atoms with Crippen LogP contribution in [0.1, 0.15) is 19.3 Å². The zero-order valence-corrected chi connectivity index (χ0v) is 8.00. The molecule has 0 aromatic carbocycles. The van der Waals surface area contributed by atoms with E-state index >= 15 is 0 Å². The first-order valence-corrected chi connectivity index (χ1v) is 5.44. The predicted molar refractivity (Wildman–Crippen MR) is 54.4 cm³/mol. The van der Waals surface area contributed by atoms with Crippen molar-refractivity contribution >= 4 is 0 Å². The van der Waals surface area contributed by atoms with Crippen molar-refractivity contribution in [3.05, 3.63) is 24.3 Å². The van der Waals surface area contributed by atoms with Crippen LogP contribution in [0.15, 0.2) is 24.3 Å². The lowest BCUT2D eigenvalue weighted by atomic mass is 9.86. The monoisotopic (exact) mass is 175 g/mol. The summed E-state index contributed by atoms with van der Waals surface area (Å²) in [6, 6.07) is 0.753. The molecule has 13 heavy (non-hydrogen) atoms. The van der Waals surface area contributed by atoms with E-state index in [1.54, 1.807) is 5.57 Å². The lowest BCUT2D eigenvalue weighted by molar-refractivity contribution is 0.439. The van der Waals surface area contributed by atoms with E-state index in [2.05, 4.69) is 18.0 Å². The van der Waals surface area contributed by atoms with E-state index in [1.807, 2.05) is 6.08 Å². The van der Waals surface area contributed by atoms with Gasteiger partial charge in [-0.05, 0) is 43.6 Å². The SMILES string of the molecule is C=CC/C=C1/C2CC3CNC1C3C2. The van der Waals surface area contributed by atoms with Crippen molar-refractivity contribution in [2.75, 3.05) is 6.54 Å². The fourth-order valence-electron chi connectivity index (χ4n) is 3.63. The van der Waals surface area contributed by atoms with Crippen LogP contribution in [0.5, 0.6) is 0 Å². The molecule has 2 aliphatic carbocycles. The maximum atomic E-state index is 3.78. The van der Waals surface area contributed by atoms with E-state index < -0.39 is 0 Å². The molecule has 2 saturated carbocycles. The molecule has 1 nitrogen and oxygen atoms in total. The molecule has 2 bridgehead atoms. The van der Waals surface area contributed by atoms with Gasteiger partial charge in [0.1, 0.15) is 0 Å². The molecule has 4 unspecified atom stereocenters. The topological polar surface area (TPSA) is 12.0 Å². The fraction of sp³-hybridized carbons (Fsp3) is 0.667. The standard InChI is InChI=1S/C12H17N/c1-2-3-4-10-8-5-9-7-13-12(10)11(9)6-8/h2,4,8-9,11-13H,1,3,5-7H2/b10-4-. The molecular weight excluding hydrogens is 158 g/mol. The first-order chi connectivity index (χ1) is 6.40. The van der Waals surface area contributed by atoms with Crippen molar-refractivity contribution < 1.29 is 0 Å². The Morgan fingerprint density at radius 1 is 1.46 bits per heavy atom. The number of fused-ring (bicyclic) bond motifs is 1. The first kappa shape index (κ1) is 7.81. The van der Waals surface area contributed by atoms with Gasteiger partial charge in [-0.2, -0.15) is 0 Å². The van der Waals surface area contributed by atoms with Gasteiger partial charge in [0.15, 0.2) is 0 Å². The second-order valence-corrected chi connectivity index (χ2v) is 4.71. The van der Waals surface area contributed by atoms with Crippen LogP contribution in [0, 0.1) is 17.8 Å². The average Bonchev–Trinajstić information content (AvgIpc) is 2.70. The minimum Gasteiger partial charge on any atom is -0.310 e. The van der Waals surface area contributed by atoms with Gasteiger partial charge in [-0.25, -0.2) is 0 Å². The van der Waals surface area contributed by atoms with E-state index in [9.17, 15) is 0 Å². The number of hydrogen-bond acceptors (Lipinski definition) is 1. The van der Waals surface area contributed by atoms with Gasteiger partial charge in [-0.15, -0.1) is 6.58 Å². The summed E-state index contributed by atoms with van der Waals surface area (Å²) >= 11 is 0. The minimum absolute atomic E-state index is 0.753.